The first-order chi connectivity index (χ1) is 4.36. The lowest BCUT2D eigenvalue weighted by Gasteiger charge is -2.38. The van der Waals surface area contributed by atoms with Crippen molar-refractivity contribution in [1.29, 1.82) is 0 Å². The first-order valence-corrected chi connectivity index (χ1v) is 3.53. The van der Waals surface area contributed by atoms with E-state index in [1.807, 2.05) is 0 Å². The summed E-state index contributed by atoms with van der Waals surface area (Å²) in [7, 11) is 2.16. The summed E-state index contributed by atoms with van der Waals surface area (Å²) in [5, 5.41) is 3.37. The second-order valence-electron chi connectivity index (χ2n) is 2.89. The minimum Gasteiger partial charge on any atom is -0.385 e. The van der Waals surface area contributed by atoms with Crippen LogP contribution in [0.5, 0.6) is 0 Å². The Bertz CT molecular complexity index is 141. The molecule has 0 radical (unpaired) electrons. The van der Waals surface area contributed by atoms with Crippen LogP contribution in [0.4, 0.5) is 0 Å². The highest BCUT2D eigenvalue weighted by Crippen LogP contribution is 2.21. The van der Waals surface area contributed by atoms with Crippen molar-refractivity contribution in [3.8, 4) is 0 Å². The Balaban J connectivity index is 2.25. The van der Waals surface area contributed by atoms with Crippen LogP contribution in [-0.2, 0) is 0 Å². The van der Waals surface area contributed by atoms with Crippen molar-refractivity contribution in [2.24, 2.45) is 0 Å². The van der Waals surface area contributed by atoms with E-state index >= 15 is 0 Å². The Hall–Kier alpha value is -0.660. The molecule has 1 fully saturated rings. The molecule has 0 saturated carbocycles. The van der Waals surface area contributed by atoms with Crippen molar-refractivity contribution in [1.82, 2.24) is 10.2 Å². The van der Waals surface area contributed by atoms with Gasteiger partial charge in [-0.1, -0.05) is 0 Å². The fraction of sp³-hybridized carbons (Fsp3) is 0.714. The highest BCUT2D eigenvalue weighted by molar-refractivity contribution is 5.10. The van der Waals surface area contributed by atoms with Crippen molar-refractivity contribution in [3.63, 3.8) is 0 Å². The molecule has 0 amide bonds. The summed E-state index contributed by atoms with van der Waals surface area (Å²) in [4.78, 5) is 2.31. The fourth-order valence-electron chi connectivity index (χ4n) is 1.57. The van der Waals surface area contributed by atoms with E-state index in [1.54, 1.807) is 0 Å². The van der Waals surface area contributed by atoms with E-state index in [2.05, 4.69) is 23.5 Å². The van der Waals surface area contributed by atoms with E-state index in [0.717, 1.165) is 12.6 Å². The van der Waals surface area contributed by atoms with Crippen LogP contribution in [0.15, 0.2) is 11.9 Å². The lowest BCUT2D eigenvalue weighted by Crippen LogP contribution is -2.46. The van der Waals surface area contributed by atoms with Gasteiger partial charge in [-0.25, -0.2) is 0 Å². The first-order valence-electron chi connectivity index (χ1n) is 3.53. The van der Waals surface area contributed by atoms with E-state index in [4.69, 9.17) is 0 Å². The monoisotopic (exact) mass is 124 g/mol. The minimum absolute atomic E-state index is 0.766. The number of piperidine rings is 1. The molecule has 3 aliphatic heterocycles. The molecule has 0 aromatic heterocycles. The van der Waals surface area contributed by atoms with Crippen molar-refractivity contribution < 1.29 is 0 Å². The Morgan fingerprint density at radius 3 is 2.89 bits per heavy atom. The molecule has 1 saturated heterocycles. The zero-order valence-corrected chi connectivity index (χ0v) is 5.72. The molecule has 9 heavy (non-hydrogen) atoms. The summed E-state index contributed by atoms with van der Waals surface area (Å²) < 4.78 is 0. The van der Waals surface area contributed by atoms with Crippen LogP contribution >= 0.6 is 0 Å². The summed E-state index contributed by atoms with van der Waals surface area (Å²) in [5.41, 5.74) is 1.42. The van der Waals surface area contributed by atoms with Gasteiger partial charge in [-0.05, 0) is 12.8 Å². The van der Waals surface area contributed by atoms with Gasteiger partial charge < -0.3 is 10.2 Å². The van der Waals surface area contributed by atoms with Crippen molar-refractivity contribution in [2.45, 2.75) is 18.9 Å². The average molecular weight is 124 g/mol. The lowest BCUT2D eigenvalue weighted by molar-refractivity contribution is 0.248. The van der Waals surface area contributed by atoms with Crippen molar-refractivity contribution in [2.75, 3.05) is 13.6 Å². The number of allylic oxidation sites excluding steroid dienone is 1. The van der Waals surface area contributed by atoms with Crippen LogP contribution in [0.25, 0.3) is 0 Å². The summed E-state index contributed by atoms with van der Waals surface area (Å²) in [6, 6.07) is 0.766. The third-order valence-electron chi connectivity index (χ3n) is 2.25. The molecule has 2 heteroatoms. The zero-order chi connectivity index (χ0) is 6.27. The largest absolute Gasteiger partial charge is 0.385 e. The number of hydrogen-bond acceptors (Lipinski definition) is 2. The van der Waals surface area contributed by atoms with E-state index in [9.17, 15) is 0 Å². The summed E-state index contributed by atoms with van der Waals surface area (Å²) >= 11 is 0. The van der Waals surface area contributed by atoms with Gasteiger partial charge in [0.1, 0.15) is 0 Å². The topological polar surface area (TPSA) is 15.3 Å². The summed E-state index contributed by atoms with van der Waals surface area (Å²) in [6.07, 6.45) is 4.82. The second kappa shape index (κ2) is 1.66. The van der Waals surface area contributed by atoms with Gasteiger partial charge in [0.15, 0.2) is 0 Å². The van der Waals surface area contributed by atoms with E-state index in [-0.39, 0.29) is 0 Å². The standard InChI is InChI=1S/C7H12N2/c1-9-5-6-2-3-7(9)4-8-6/h5,7-8H,2-4H2,1H3/t7-/m0/s1. The quantitative estimate of drug-likeness (QED) is 0.506. The lowest BCUT2D eigenvalue weighted by atomic mass is 10.0. The zero-order valence-electron chi connectivity index (χ0n) is 5.72. The molecule has 2 nitrogen and oxygen atoms in total. The number of fused-ring (bicyclic) bond motifs is 3. The molecule has 3 aliphatic rings. The molecule has 0 spiro atoms. The van der Waals surface area contributed by atoms with Crippen LogP contribution in [0.3, 0.4) is 0 Å². The highest BCUT2D eigenvalue weighted by atomic mass is 15.2. The van der Waals surface area contributed by atoms with E-state index in [1.165, 1.54) is 18.5 Å². The van der Waals surface area contributed by atoms with Gasteiger partial charge in [-0.3, -0.25) is 0 Å². The molecule has 50 valence electrons. The number of nitrogens with one attached hydrogen (secondary N) is 1. The molecule has 3 heterocycles. The molecule has 0 aromatic rings. The molecule has 1 N–H and O–H groups in total. The van der Waals surface area contributed by atoms with Gasteiger partial charge in [0.05, 0.1) is 0 Å². The molecular weight excluding hydrogens is 112 g/mol. The molecule has 1 atom stereocenters. The van der Waals surface area contributed by atoms with E-state index < -0.39 is 0 Å². The van der Waals surface area contributed by atoms with Gasteiger partial charge in [0, 0.05) is 31.5 Å². The SMILES string of the molecule is CN1C=C2CC[C@H]1CN2. The molecule has 0 unspecified atom stereocenters. The van der Waals surface area contributed by atoms with Crippen LogP contribution in [0.1, 0.15) is 12.8 Å². The Kier molecular flexibility index (Phi) is 0.949. The van der Waals surface area contributed by atoms with Crippen LogP contribution in [0.2, 0.25) is 0 Å². The van der Waals surface area contributed by atoms with Gasteiger partial charge >= 0.3 is 0 Å². The Labute approximate surface area is 55.5 Å². The third-order valence-corrected chi connectivity index (χ3v) is 2.25. The third kappa shape index (κ3) is 0.696. The van der Waals surface area contributed by atoms with Crippen molar-refractivity contribution in [3.05, 3.63) is 11.9 Å². The predicted octanol–water partition coefficient (Wildman–Crippen LogP) is 0.525. The van der Waals surface area contributed by atoms with Gasteiger partial charge in [-0.2, -0.15) is 0 Å². The minimum atomic E-state index is 0.766. The molecular formula is C7H12N2. The Morgan fingerprint density at radius 1 is 1.78 bits per heavy atom. The Morgan fingerprint density at radius 2 is 2.67 bits per heavy atom. The smallest absolute Gasteiger partial charge is 0.0458 e. The van der Waals surface area contributed by atoms with Gasteiger partial charge in [0.25, 0.3) is 0 Å². The maximum absolute atomic E-state index is 3.37. The number of likely N-dealkylation sites (N-methyl/N-ethyl adjacent to an activating group) is 1. The van der Waals surface area contributed by atoms with E-state index in [0.29, 0.717) is 0 Å². The fourth-order valence-corrected chi connectivity index (χ4v) is 1.57. The van der Waals surface area contributed by atoms with Gasteiger partial charge in [0.2, 0.25) is 0 Å². The summed E-state index contributed by atoms with van der Waals surface area (Å²) in [6.45, 7) is 1.16. The highest BCUT2D eigenvalue weighted by Gasteiger charge is 2.23. The predicted molar refractivity (Wildman–Crippen MR) is 36.9 cm³/mol. The number of rotatable bonds is 0. The maximum Gasteiger partial charge on any atom is 0.0458 e. The molecule has 0 aliphatic carbocycles. The maximum atomic E-state index is 3.37. The average Bonchev–Trinajstić information content (AvgIpc) is 1.90. The van der Waals surface area contributed by atoms with Crippen LogP contribution < -0.4 is 5.32 Å². The molecule has 2 bridgehead atoms. The van der Waals surface area contributed by atoms with Crippen LogP contribution in [0, 0.1) is 0 Å². The first kappa shape index (κ1) is 5.15. The molecule has 3 rings (SSSR count). The summed E-state index contributed by atoms with van der Waals surface area (Å²) in [5.74, 6) is 0. The number of nitrogens with zero attached hydrogens (tertiary/aromatic N) is 1. The normalized spacial score (nSPS) is 31.9. The molecule has 0 aromatic carbocycles. The van der Waals surface area contributed by atoms with Crippen molar-refractivity contribution >= 4 is 0 Å². The van der Waals surface area contributed by atoms with Gasteiger partial charge in [-0.15, -0.1) is 0 Å². The van der Waals surface area contributed by atoms with Crippen LogP contribution in [-0.4, -0.2) is 24.5 Å². The number of hydrogen-bond donors (Lipinski definition) is 1. The second-order valence-corrected chi connectivity index (χ2v) is 2.89.